The van der Waals surface area contributed by atoms with E-state index in [1.807, 2.05) is 6.92 Å². The Bertz CT molecular complexity index is 388. The van der Waals surface area contributed by atoms with Crippen LogP contribution in [0.15, 0.2) is 0 Å². The molecule has 1 N–H and O–H groups in total. The maximum atomic E-state index is 12.3. The summed E-state index contributed by atoms with van der Waals surface area (Å²) in [5, 5.41) is 0.220. The Balaban J connectivity index is 1.86. The zero-order valence-electron chi connectivity index (χ0n) is 11.6. The van der Waals surface area contributed by atoms with Crippen molar-refractivity contribution in [2.75, 3.05) is 13.1 Å². The fraction of sp³-hybridized carbons (Fsp3) is 1.00. The van der Waals surface area contributed by atoms with Crippen LogP contribution in [0.5, 0.6) is 0 Å². The molecular formula is C13H25ClN2O2S. The maximum absolute atomic E-state index is 12.3. The lowest BCUT2D eigenvalue weighted by Crippen LogP contribution is -2.49. The summed E-state index contributed by atoms with van der Waals surface area (Å²) in [6.07, 6.45) is 7.26. The summed E-state index contributed by atoms with van der Waals surface area (Å²) >= 11 is 6.15. The summed E-state index contributed by atoms with van der Waals surface area (Å²) in [5.41, 5.74) is 0. The van der Waals surface area contributed by atoms with Crippen LogP contribution in [-0.4, -0.2) is 37.2 Å². The standard InChI is InChI=1S/C13H25ClN2O2S/c1-11-5-2-3-8-16(11)19(17,18)15-10-12-6-4-7-13(14)9-12/h11-13,15H,2-10H2,1H3. The van der Waals surface area contributed by atoms with Crippen molar-refractivity contribution >= 4 is 21.8 Å². The molecule has 0 bridgehead atoms. The summed E-state index contributed by atoms with van der Waals surface area (Å²) in [5.74, 6) is 0.395. The highest BCUT2D eigenvalue weighted by Crippen LogP contribution is 2.27. The van der Waals surface area contributed by atoms with Crippen molar-refractivity contribution in [2.45, 2.75) is 63.3 Å². The van der Waals surface area contributed by atoms with E-state index in [1.165, 1.54) is 0 Å². The predicted octanol–water partition coefficient (Wildman–Crippen LogP) is 2.49. The molecule has 112 valence electrons. The van der Waals surface area contributed by atoms with Crippen LogP contribution in [0.2, 0.25) is 0 Å². The van der Waals surface area contributed by atoms with E-state index < -0.39 is 10.2 Å². The molecule has 1 saturated carbocycles. The fourth-order valence-electron chi connectivity index (χ4n) is 3.15. The Morgan fingerprint density at radius 3 is 2.68 bits per heavy atom. The molecule has 3 atom stereocenters. The maximum Gasteiger partial charge on any atom is 0.279 e. The van der Waals surface area contributed by atoms with Gasteiger partial charge in [0.25, 0.3) is 10.2 Å². The molecule has 0 aromatic carbocycles. The average Bonchev–Trinajstić information content (AvgIpc) is 2.37. The molecule has 4 nitrogen and oxygen atoms in total. The number of halogens is 1. The Morgan fingerprint density at radius 2 is 2.00 bits per heavy atom. The number of nitrogens with one attached hydrogen (secondary N) is 1. The van der Waals surface area contributed by atoms with Crippen molar-refractivity contribution in [1.29, 1.82) is 0 Å². The van der Waals surface area contributed by atoms with Crippen molar-refractivity contribution in [3.8, 4) is 0 Å². The van der Waals surface area contributed by atoms with Crippen LogP contribution in [0.25, 0.3) is 0 Å². The van der Waals surface area contributed by atoms with Gasteiger partial charge in [-0.25, -0.2) is 4.72 Å². The second-order valence-electron chi connectivity index (χ2n) is 5.94. The number of hydrogen-bond acceptors (Lipinski definition) is 2. The molecule has 0 aromatic heterocycles. The van der Waals surface area contributed by atoms with Gasteiger partial charge in [-0.15, -0.1) is 11.6 Å². The first-order valence-electron chi connectivity index (χ1n) is 7.39. The highest BCUT2D eigenvalue weighted by molar-refractivity contribution is 7.87. The van der Waals surface area contributed by atoms with E-state index in [9.17, 15) is 8.42 Å². The van der Waals surface area contributed by atoms with Gasteiger partial charge in [-0.05, 0) is 44.9 Å². The van der Waals surface area contributed by atoms with Gasteiger partial charge in [0.1, 0.15) is 0 Å². The summed E-state index contributed by atoms with van der Waals surface area (Å²) in [6.45, 7) is 3.18. The van der Waals surface area contributed by atoms with Gasteiger partial charge >= 0.3 is 0 Å². The molecule has 1 heterocycles. The third-order valence-electron chi connectivity index (χ3n) is 4.32. The number of piperidine rings is 1. The van der Waals surface area contributed by atoms with E-state index in [0.717, 1.165) is 44.9 Å². The van der Waals surface area contributed by atoms with Gasteiger partial charge in [0.15, 0.2) is 0 Å². The van der Waals surface area contributed by atoms with Crippen LogP contribution in [0, 0.1) is 5.92 Å². The van der Waals surface area contributed by atoms with Gasteiger partial charge in [0.05, 0.1) is 0 Å². The Labute approximate surface area is 122 Å². The molecule has 0 spiro atoms. The highest BCUT2D eigenvalue weighted by atomic mass is 35.5. The van der Waals surface area contributed by atoms with Crippen molar-refractivity contribution in [3.63, 3.8) is 0 Å². The number of nitrogens with zero attached hydrogens (tertiary/aromatic N) is 1. The van der Waals surface area contributed by atoms with Crippen LogP contribution in [0.3, 0.4) is 0 Å². The van der Waals surface area contributed by atoms with Crippen molar-refractivity contribution in [1.82, 2.24) is 9.03 Å². The van der Waals surface area contributed by atoms with Gasteiger partial charge in [0.2, 0.25) is 0 Å². The van der Waals surface area contributed by atoms with Crippen molar-refractivity contribution in [2.24, 2.45) is 5.92 Å². The molecule has 2 fully saturated rings. The van der Waals surface area contributed by atoms with Gasteiger partial charge in [0, 0.05) is 24.5 Å². The topological polar surface area (TPSA) is 49.4 Å². The molecular weight excluding hydrogens is 284 g/mol. The van der Waals surface area contributed by atoms with E-state index >= 15 is 0 Å². The van der Waals surface area contributed by atoms with Gasteiger partial charge in [-0.3, -0.25) is 0 Å². The third kappa shape index (κ3) is 4.31. The zero-order chi connectivity index (χ0) is 13.9. The van der Waals surface area contributed by atoms with Crippen LogP contribution >= 0.6 is 11.6 Å². The summed E-state index contributed by atoms with van der Waals surface area (Å²) in [6, 6.07) is 0.124. The lowest BCUT2D eigenvalue weighted by atomic mass is 9.89. The molecule has 1 saturated heterocycles. The SMILES string of the molecule is CC1CCCCN1S(=O)(=O)NCC1CCCC(Cl)C1. The Morgan fingerprint density at radius 1 is 1.21 bits per heavy atom. The smallest absolute Gasteiger partial charge is 0.202 e. The van der Waals surface area contributed by atoms with E-state index in [2.05, 4.69) is 4.72 Å². The van der Waals surface area contributed by atoms with Crippen molar-refractivity contribution < 1.29 is 8.42 Å². The summed E-state index contributed by atoms with van der Waals surface area (Å²) in [4.78, 5) is 0. The molecule has 2 aliphatic rings. The van der Waals surface area contributed by atoms with Gasteiger partial charge < -0.3 is 0 Å². The predicted molar refractivity (Wildman–Crippen MR) is 78.5 cm³/mol. The molecule has 1 aliphatic heterocycles. The first-order valence-corrected chi connectivity index (χ1v) is 9.27. The molecule has 0 aromatic rings. The second-order valence-corrected chi connectivity index (χ2v) is 8.26. The molecule has 2 rings (SSSR count). The summed E-state index contributed by atoms with van der Waals surface area (Å²) < 4.78 is 29.0. The largest absolute Gasteiger partial charge is 0.279 e. The first-order chi connectivity index (χ1) is 8.99. The Hall–Kier alpha value is 0.160. The zero-order valence-corrected chi connectivity index (χ0v) is 13.2. The van der Waals surface area contributed by atoms with Gasteiger partial charge in [-0.1, -0.05) is 12.8 Å². The normalized spacial score (nSPS) is 34.3. The second kappa shape index (κ2) is 6.74. The van der Waals surface area contributed by atoms with E-state index in [0.29, 0.717) is 19.0 Å². The number of alkyl halides is 1. The minimum Gasteiger partial charge on any atom is -0.202 e. The van der Waals surface area contributed by atoms with E-state index in [-0.39, 0.29) is 11.4 Å². The van der Waals surface area contributed by atoms with E-state index in [1.54, 1.807) is 4.31 Å². The highest BCUT2D eigenvalue weighted by Gasteiger charge is 2.30. The monoisotopic (exact) mass is 308 g/mol. The van der Waals surface area contributed by atoms with Crippen molar-refractivity contribution in [3.05, 3.63) is 0 Å². The van der Waals surface area contributed by atoms with Gasteiger partial charge in [-0.2, -0.15) is 12.7 Å². The van der Waals surface area contributed by atoms with Crippen LogP contribution in [-0.2, 0) is 10.2 Å². The lowest BCUT2D eigenvalue weighted by Gasteiger charge is -2.33. The molecule has 0 radical (unpaired) electrons. The quantitative estimate of drug-likeness (QED) is 0.811. The molecule has 0 amide bonds. The average molecular weight is 309 g/mol. The van der Waals surface area contributed by atoms with Crippen LogP contribution < -0.4 is 4.72 Å². The minimum atomic E-state index is -3.31. The fourth-order valence-corrected chi connectivity index (χ4v) is 5.11. The molecule has 3 unspecified atom stereocenters. The van der Waals surface area contributed by atoms with Crippen LogP contribution in [0.1, 0.15) is 51.9 Å². The summed E-state index contributed by atoms with van der Waals surface area (Å²) in [7, 11) is -3.31. The Kier molecular flexibility index (Phi) is 5.52. The number of rotatable bonds is 4. The third-order valence-corrected chi connectivity index (χ3v) is 6.41. The van der Waals surface area contributed by atoms with Crippen LogP contribution in [0.4, 0.5) is 0 Å². The molecule has 1 aliphatic carbocycles. The first kappa shape index (κ1) is 15.5. The molecule has 19 heavy (non-hydrogen) atoms. The number of hydrogen-bond donors (Lipinski definition) is 1. The van der Waals surface area contributed by atoms with E-state index in [4.69, 9.17) is 11.6 Å². The lowest BCUT2D eigenvalue weighted by molar-refractivity contribution is 0.263. The molecule has 6 heteroatoms. The minimum absolute atomic E-state index is 0.124.